The van der Waals surface area contributed by atoms with E-state index in [9.17, 15) is 9.59 Å². The Kier molecular flexibility index (Phi) is 5.43. The molecule has 1 atom stereocenters. The first-order valence-electron chi connectivity index (χ1n) is 9.48. The van der Waals surface area contributed by atoms with E-state index in [4.69, 9.17) is 0 Å². The standard InChI is InChI=1S/C19H22N6O2S/c1-13(16(26)24-10-6-2-3-7-11-24)28-19-22-15-9-5-4-8-14(15)17(27)25(19)18-20-12-21-23-18/h4-5,8-9,12-13H,2-3,6-7,10-11H2,1H3,(H,20,21,23)/t13-/m0/s1. The van der Waals surface area contributed by atoms with Crippen molar-refractivity contribution in [2.45, 2.75) is 43.0 Å². The molecule has 9 heteroatoms. The molecule has 1 amide bonds. The van der Waals surface area contributed by atoms with Gasteiger partial charge < -0.3 is 4.90 Å². The van der Waals surface area contributed by atoms with Gasteiger partial charge in [-0.1, -0.05) is 36.7 Å². The predicted octanol–water partition coefficient (Wildman–Crippen LogP) is 2.39. The smallest absolute Gasteiger partial charge is 0.269 e. The molecular formula is C19H22N6O2S. The van der Waals surface area contributed by atoms with Gasteiger partial charge in [-0.2, -0.15) is 10.1 Å². The normalized spacial score (nSPS) is 16.1. The second-order valence-electron chi connectivity index (χ2n) is 6.86. The Morgan fingerprint density at radius 2 is 1.93 bits per heavy atom. The van der Waals surface area contributed by atoms with Gasteiger partial charge in [0.1, 0.15) is 6.33 Å². The number of para-hydroxylation sites is 1. The van der Waals surface area contributed by atoms with E-state index in [1.165, 1.54) is 35.5 Å². The van der Waals surface area contributed by atoms with Crippen LogP contribution < -0.4 is 5.56 Å². The van der Waals surface area contributed by atoms with Crippen LogP contribution in [0.2, 0.25) is 0 Å². The first kappa shape index (κ1) is 18.7. The van der Waals surface area contributed by atoms with Gasteiger partial charge in [-0.3, -0.25) is 9.59 Å². The number of fused-ring (bicyclic) bond motifs is 1. The van der Waals surface area contributed by atoms with Crippen LogP contribution in [-0.2, 0) is 4.79 Å². The maximum absolute atomic E-state index is 13.1. The number of nitrogens with one attached hydrogen (secondary N) is 1. The fourth-order valence-electron chi connectivity index (χ4n) is 3.44. The molecule has 8 nitrogen and oxygen atoms in total. The molecule has 0 spiro atoms. The third-order valence-corrected chi connectivity index (χ3v) is 5.95. The molecule has 0 radical (unpaired) electrons. The first-order chi connectivity index (χ1) is 13.6. The van der Waals surface area contributed by atoms with Crippen molar-refractivity contribution in [3.05, 3.63) is 40.9 Å². The van der Waals surface area contributed by atoms with Crippen molar-refractivity contribution in [1.82, 2.24) is 29.6 Å². The third-order valence-electron chi connectivity index (χ3n) is 4.91. The van der Waals surface area contributed by atoms with E-state index < -0.39 is 0 Å². The molecule has 0 saturated carbocycles. The maximum Gasteiger partial charge on any atom is 0.269 e. The number of rotatable bonds is 4. The molecule has 1 fully saturated rings. The summed E-state index contributed by atoms with van der Waals surface area (Å²) in [6.07, 6.45) is 5.77. The van der Waals surface area contributed by atoms with Gasteiger partial charge >= 0.3 is 0 Å². The molecular weight excluding hydrogens is 376 g/mol. The summed E-state index contributed by atoms with van der Waals surface area (Å²) >= 11 is 1.28. The van der Waals surface area contributed by atoms with E-state index >= 15 is 0 Å². The van der Waals surface area contributed by atoms with Crippen LogP contribution in [-0.4, -0.2) is 53.9 Å². The van der Waals surface area contributed by atoms with E-state index in [0.717, 1.165) is 25.9 Å². The molecule has 0 unspecified atom stereocenters. The second kappa shape index (κ2) is 8.14. The Labute approximate surface area is 166 Å². The summed E-state index contributed by atoms with van der Waals surface area (Å²) in [6.45, 7) is 3.46. The van der Waals surface area contributed by atoms with Gasteiger partial charge in [0.15, 0.2) is 5.16 Å². The van der Waals surface area contributed by atoms with E-state index in [1.54, 1.807) is 18.2 Å². The Morgan fingerprint density at radius 3 is 2.64 bits per heavy atom. The SMILES string of the molecule is C[C@H](Sc1nc2ccccc2c(=O)n1-c1ncn[nH]1)C(=O)N1CCCCCC1. The van der Waals surface area contributed by atoms with Gasteiger partial charge in [-0.25, -0.2) is 14.6 Å². The predicted molar refractivity (Wildman–Crippen MR) is 108 cm³/mol. The summed E-state index contributed by atoms with van der Waals surface area (Å²) in [5.41, 5.74) is 0.361. The molecule has 1 aliphatic rings. The number of hydrogen-bond donors (Lipinski definition) is 1. The largest absolute Gasteiger partial charge is 0.342 e. The van der Waals surface area contributed by atoms with Crippen LogP contribution in [0.15, 0.2) is 40.5 Å². The fraction of sp³-hybridized carbons (Fsp3) is 0.421. The van der Waals surface area contributed by atoms with Crippen molar-refractivity contribution < 1.29 is 4.79 Å². The average molecular weight is 398 g/mol. The van der Waals surface area contributed by atoms with Crippen molar-refractivity contribution >= 4 is 28.6 Å². The van der Waals surface area contributed by atoms with Crippen LogP contribution in [0.4, 0.5) is 0 Å². The molecule has 4 rings (SSSR count). The van der Waals surface area contributed by atoms with Crippen LogP contribution in [0.3, 0.4) is 0 Å². The lowest BCUT2D eigenvalue weighted by atomic mass is 10.2. The minimum absolute atomic E-state index is 0.0819. The van der Waals surface area contributed by atoms with E-state index in [1.807, 2.05) is 17.9 Å². The molecule has 1 N–H and O–H groups in total. The number of H-pyrrole nitrogens is 1. The molecule has 146 valence electrons. The Bertz CT molecular complexity index is 1020. The summed E-state index contributed by atoms with van der Waals surface area (Å²) in [6, 6.07) is 7.17. The van der Waals surface area contributed by atoms with E-state index in [0.29, 0.717) is 22.0 Å². The van der Waals surface area contributed by atoms with E-state index in [-0.39, 0.29) is 16.7 Å². The molecule has 1 aliphatic heterocycles. The third kappa shape index (κ3) is 3.66. The van der Waals surface area contributed by atoms with Crippen molar-refractivity contribution in [3.63, 3.8) is 0 Å². The number of aromatic amines is 1. The van der Waals surface area contributed by atoms with Gasteiger partial charge in [0, 0.05) is 13.1 Å². The lowest BCUT2D eigenvalue weighted by molar-refractivity contribution is -0.130. The minimum atomic E-state index is -0.361. The number of benzene rings is 1. The van der Waals surface area contributed by atoms with Crippen LogP contribution in [0, 0.1) is 0 Å². The molecule has 28 heavy (non-hydrogen) atoms. The number of carbonyl (C=O) groups is 1. The maximum atomic E-state index is 13.1. The molecule has 0 bridgehead atoms. The summed E-state index contributed by atoms with van der Waals surface area (Å²) < 4.78 is 1.40. The van der Waals surface area contributed by atoms with Crippen molar-refractivity contribution in [3.8, 4) is 5.95 Å². The van der Waals surface area contributed by atoms with Crippen molar-refractivity contribution in [2.75, 3.05) is 13.1 Å². The van der Waals surface area contributed by atoms with Gasteiger partial charge in [0.2, 0.25) is 11.9 Å². The zero-order valence-corrected chi connectivity index (χ0v) is 16.5. The first-order valence-corrected chi connectivity index (χ1v) is 10.4. The van der Waals surface area contributed by atoms with Crippen LogP contribution >= 0.6 is 11.8 Å². The Balaban J connectivity index is 1.70. The molecule has 3 heterocycles. The Hall–Kier alpha value is -2.68. The monoisotopic (exact) mass is 398 g/mol. The average Bonchev–Trinajstić information content (AvgIpc) is 3.09. The summed E-state index contributed by atoms with van der Waals surface area (Å²) in [5.74, 6) is 0.374. The summed E-state index contributed by atoms with van der Waals surface area (Å²) in [5, 5.41) is 7.14. The fourth-order valence-corrected chi connectivity index (χ4v) is 4.43. The highest BCUT2D eigenvalue weighted by Gasteiger charge is 2.25. The van der Waals surface area contributed by atoms with Crippen LogP contribution in [0.5, 0.6) is 0 Å². The highest BCUT2D eigenvalue weighted by Crippen LogP contribution is 2.26. The highest BCUT2D eigenvalue weighted by molar-refractivity contribution is 8.00. The zero-order valence-electron chi connectivity index (χ0n) is 15.7. The van der Waals surface area contributed by atoms with Crippen LogP contribution in [0.25, 0.3) is 16.9 Å². The molecule has 1 aromatic carbocycles. The molecule has 2 aromatic heterocycles. The highest BCUT2D eigenvalue weighted by atomic mass is 32.2. The lowest BCUT2D eigenvalue weighted by Gasteiger charge is -2.24. The number of thioether (sulfide) groups is 1. The van der Waals surface area contributed by atoms with Gasteiger partial charge in [-0.05, 0) is 31.9 Å². The number of amides is 1. The number of carbonyl (C=O) groups excluding carboxylic acids is 1. The molecule has 0 aliphatic carbocycles. The lowest BCUT2D eigenvalue weighted by Crippen LogP contribution is -2.37. The van der Waals surface area contributed by atoms with Gasteiger partial charge in [0.05, 0.1) is 16.2 Å². The Morgan fingerprint density at radius 1 is 1.18 bits per heavy atom. The van der Waals surface area contributed by atoms with Gasteiger partial charge in [-0.15, -0.1) is 0 Å². The zero-order chi connectivity index (χ0) is 19.5. The molecule has 1 saturated heterocycles. The van der Waals surface area contributed by atoms with Crippen molar-refractivity contribution in [1.29, 1.82) is 0 Å². The second-order valence-corrected chi connectivity index (χ2v) is 8.17. The quantitative estimate of drug-likeness (QED) is 0.535. The summed E-state index contributed by atoms with van der Waals surface area (Å²) in [7, 11) is 0. The van der Waals surface area contributed by atoms with E-state index in [2.05, 4.69) is 20.2 Å². The number of hydrogen-bond acceptors (Lipinski definition) is 6. The number of likely N-dealkylation sites (tertiary alicyclic amines) is 1. The number of nitrogens with zero attached hydrogens (tertiary/aromatic N) is 5. The molecule has 3 aromatic rings. The van der Waals surface area contributed by atoms with Crippen molar-refractivity contribution in [2.24, 2.45) is 0 Å². The topological polar surface area (TPSA) is 96.8 Å². The summed E-state index contributed by atoms with van der Waals surface area (Å²) in [4.78, 5) is 36.7. The van der Waals surface area contributed by atoms with Crippen LogP contribution in [0.1, 0.15) is 32.6 Å². The van der Waals surface area contributed by atoms with Gasteiger partial charge in [0.25, 0.3) is 5.56 Å². The minimum Gasteiger partial charge on any atom is -0.342 e. The number of aromatic nitrogens is 5.